The first-order chi connectivity index (χ1) is 8.81. The minimum atomic E-state index is 0.161. The van der Waals surface area contributed by atoms with Crippen molar-refractivity contribution in [1.82, 2.24) is 4.57 Å². The smallest absolute Gasteiger partial charge is 0.143 e. The Morgan fingerprint density at radius 2 is 2.22 bits per heavy atom. The largest absolute Gasteiger partial charge is 0.495 e. The van der Waals surface area contributed by atoms with Crippen molar-refractivity contribution in [2.24, 2.45) is 0 Å². The Kier molecular flexibility index (Phi) is 4.05. The highest BCUT2D eigenvalue weighted by atomic mass is 16.5. The highest BCUT2D eigenvalue weighted by molar-refractivity contribution is 5.86. The number of fused-ring (bicyclic) bond motifs is 1. The Balaban J connectivity index is 2.55. The van der Waals surface area contributed by atoms with E-state index in [2.05, 4.69) is 22.8 Å². The highest BCUT2D eigenvalue weighted by Crippen LogP contribution is 2.30. The zero-order valence-corrected chi connectivity index (χ0v) is 10.8. The first kappa shape index (κ1) is 12.7. The third-order valence-electron chi connectivity index (χ3n) is 3.12. The molecule has 0 saturated carbocycles. The Bertz CT molecular complexity index is 542. The van der Waals surface area contributed by atoms with E-state index >= 15 is 0 Å². The van der Waals surface area contributed by atoms with Crippen LogP contribution in [0.5, 0.6) is 5.75 Å². The number of hydrogen-bond donors (Lipinski definition) is 1. The number of allylic oxidation sites excluding steroid dienone is 2. The monoisotopic (exact) mass is 245 g/mol. The Morgan fingerprint density at radius 1 is 1.39 bits per heavy atom. The molecule has 0 bridgehead atoms. The molecule has 1 N–H and O–H groups in total. The molecule has 18 heavy (non-hydrogen) atoms. The number of aliphatic hydroxyl groups excluding tert-OH is 1. The molecule has 1 aromatic heterocycles. The Morgan fingerprint density at radius 3 is 2.89 bits per heavy atom. The van der Waals surface area contributed by atoms with E-state index in [1.165, 1.54) is 0 Å². The molecule has 3 heteroatoms. The van der Waals surface area contributed by atoms with Gasteiger partial charge in [-0.15, -0.1) is 0 Å². The van der Waals surface area contributed by atoms with Crippen molar-refractivity contribution in [3.05, 3.63) is 42.6 Å². The average molecular weight is 245 g/mol. The predicted molar refractivity (Wildman–Crippen MR) is 74.0 cm³/mol. The van der Waals surface area contributed by atoms with Crippen LogP contribution in [0.3, 0.4) is 0 Å². The van der Waals surface area contributed by atoms with Gasteiger partial charge in [-0.05, 0) is 25.5 Å². The molecule has 3 nitrogen and oxygen atoms in total. The average Bonchev–Trinajstić information content (AvgIpc) is 2.82. The topological polar surface area (TPSA) is 34.4 Å². The van der Waals surface area contributed by atoms with Crippen LogP contribution in [0.4, 0.5) is 0 Å². The second-order valence-corrected chi connectivity index (χ2v) is 4.23. The number of nitrogens with zero attached hydrogens (tertiary/aromatic N) is 1. The molecule has 1 unspecified atom stereocenters. The second kappa shape index (κ2) is 5.74. The van der Waals surface area contributed by atoms with Crippen LogP contribution in [0, 0.1) is 0 Å². The van der Waals surface area contributed by atoms with Crippen molar-refractivity contribution in [2.45, 2.75) is 19.4 Å². The van der Waals surface area contributed by atoms with Crippen molar-refractivity contribution in [3.8, 4) is 5.75 Å². The van der Waals surface area contributed by atoms with E-state index in [4.69, 9.17) is 4.74 Å². The third-order valence-corrected chi connectivity index (χ3v) is 3.12. The summed E-state index contributed by atoms with van der Waals surface area (Å²) in [6.45, 7) is 2.16. The molecule has 0 radical (unpaired) electrons. The fourth-order valence-corrected chi connectivity index (χ4v) is 2.31. The molecule has 1 aromatic carbocycles. The van der Waals surface area contributed by atoms with Gasteiger partial charge in [0.05, 0.1) is 18.7 Å². The predicted octanol–water partition coefficient (Wildman–Crippen LogP) is 3.15. The maximum Gasteiger partial charge on any atom is 0.143 e. The molecule has 0 aliphatic carbocycles. The van der Waals surface area contributed by atoms with Gasteiger partial charge < -0.3 is 14.4 Å². The van der Waals surface area contributed by atoms with E-state index in [0.29, 0.717) is 6.42 Å². The summed E-state index contributed by atoms with van der Waals surface area (Å²) in [6.07, 6.45) is 6.86. The van der Waals surface area contributed by atoms with Gasteiger partial charge in [0.25, 0.3) is 0 Å². The number of rotatable bonds is 5. The standard InChI is InChI=1S/C15H19NO2/c1-3-5-13(9-11-17)16-10-8-12-6-4-7-14(18-2)15(12)16/h3-8,10,13,17H,9,11H2,1-2H3/b5-3+. The molecule has 96 valence electrons. The lowest BCUT2D eigenvalue weighted by atomic mass is 10.2. The zero-order chi connectivity index (χ0) is 13.0. The summed E-state index contributed by atoms with van der Waals surface area (Å²) >= 11 is 0. The van der Waals surface area contributed by atoms with E-state index in [0.717, 1.165) is 16.7 Å². The molecule has 0 aliphatic heterocycles. The number of para-hydroxylation sites is 1. The van der Waals surface area contributed by atoms with Crippen LogP contribution in [0.15, 0.2) is 42.6 Å². The second-order valence-electron chi connectivity index (χ2n) is 4.23. The number of aliphatic hydroxyl groups is 1. The third kappa shape index (κ3) is 2.27. The van der Waals surface area contributed by atoms with Crippen molar-refractivity contribution in [2.75, 3.05) is 13.7 Å². The molecule has 0 saturated heterocycles. The van der Waals surface area contributed by atoms with Crippen LogP contribution in [0.1, 0.15) is 19.4 Å². The molecule has 2 aromatic rings. The molecule has 1 heterocycles. The number of benzene rings is 1. The molecule has 0 spiro atoms. The Hall–Kier alpha value is -1.74. The van der Waals surface area contributed by atoms with Crippen LogP contribution in [0.25, 0.3) is 10.9 Å². The van der Waals surface area contributed by atoms with Gasteiger partial charge in [0, 0.05) is 18.2 Å². The van der Waals surface area contributed by atoms with Gasteiger partial charge in [0.15, 0.2) is 0 Å². The lowest BCUT2D eigenvalue weighted by Crippen LogP contribution is -2.07. The van der Waals surface area contributed by atoms with Crippen LogP contribution < -0.4 is 4.74 Å². The summed E-state index contributed by atoms with van der Waals surface area (Å²) in [4.78, 5) is 0. The summed E-state index contributed by atoms with van der Waals surface area (Å²) in [5, 5.41) is 10.3. The van der Waals surface area contributed by atoms with Gasteiger partial charge in [-0.1, -0.05) is 24.3 Å². The quantitative estimate of drug-likeness (QED) is 0.821. The zero-order valence-electron chi connectivity index (χ0n) is 10.8. The number of methoxy groups -OCH3 is 1. The Labute approximate surface area is 107 Å². The van der Waals surface area contributed by atoms with Gasteiger partial charge in [0.1, 0.15) is 5.75 Å². The van der Waals surface area contributed by atoms with Crippen LogP contribution >= 0.6 is 0 Å². The molecule has 1 atom stereocenters. The fraction of sp³-hybridized carbons (Fsp3) is 0.333. The van der Waals surface area contributed by atoms with E-state index in [1.807, 2.05) is 31.3 Å². The van der Waals surface area contributed by atoms with Gasteiger partial charge >= 0.3 is 0 Å². The summed E-state index contributed by atoms with van der Waals surface area (Å²) in [5.74, 6) is 0.866. The number of hydrogen-bond acceptors (Lipinski definition) is 2. The maximum atomic E-state index is 9.18. The van der Waals surface area contributed by atoms with Gasteiger partial charge in [-0.3, -0.25) is 0 Å². The molecular formula is C15H19NO2. The molecule has 0 amide bonds. The van der Waals surface area contributed by atoms with E-state index < -0.39 is 0 Å². The fourth-order valence-electron chi connectivity index (χ4n) is 2.31. The minimum absolute atomic E-state index is 0.161. The van der Waals surface area contributed by atoms with Crippen molar-refractivity contribution in [3.63, 3.8) is 0 Å². The maximum absolute atomic E-state index is 9.18. The summed E-state index contributed by atoms with van der Waals surface area (Å²) < 4.78 is 7.58. The van der Waals surface area contributed by atoms with E-state index in [9.17, 15) is 5.11 Å². The van der Waals surface area contributed by atoms with Crippen molar-refractivity contribution < 1.29 is 9.84 Å². The highest BCUT2D eigenvalue weighted by Gasteiger charge is 2.12. The summed E-state index contributed by atoms with van der Waals surface area (Å²) in [6, 6.07) is 8.26. The molecule has 0 aliphatic rings. The minimum Gasteiger partial charge on any atom is -0.495 e. The van der Waals surface area contributed by atoms with Crippen LogP contribution in [-0.2, 0) is 0 Å². The lowest BCUT2D eigenvalue weighted by Gasteiger charge is -2.16. The number of aromatic nitrogens is 1. The van der Waals surface area contributed by atoms with Gasteiger partial charge in [0.2, 0.25) is 0 Å². The van der Waals surface area contributed by atoms with Crippen molar-refractivity contribution in [1.29, 1.82) is 0 Å². The van der Waals surface area contributed by atoms with Crippen LogP contribution in [-0.4, -0.2) is 23.4 Å². The number of ether oxygens (including phenoxy) is 1. The van der Waals surface area contributed by atoms with Gasteiger partial charge in [-0.2, -0.15) is 0 Å². The first-order valence-electron chi connectivity index (χ1n) is 6.19. The molecule has 0 fully saturated rings. The molecular weight excluding hydrogens is 226 g/mol. The SMILES string of the molecule is C/C=C/C(CCO)n1ccc2cccc(OC)c21. The van der Waals surface area contributed by atoms with E-state index in [1.54, 1.807) is 7.11 Å². The lowest BCUT2D eigenvalue weighted by molar-refractivity contribution is 0.271. The van der Waals surface area contributed by atoms with Crippen LogP contribution in [0.2, 0.25) is 0 Å². The first-order valence-corrected chi connectivity index (χ1v) is 6.19. The molecule has 2 rings (SSSR count). The summed E-state index contributed by atoms with van der Waals surface area (Å²) in [5.41, 5.74) is 1.08. The van der Waals surface area contributed by atoms with E-state index in [-0.39, 0.29) is 12.6 Å². The van der Waals surface area contributed by atoms with Crippen molar-refractivity contribution >= 4 is 10.9 Å². The van der Waals surface area contributed by atoms with Gasteiger partial charge in [-0.25, -0.2) is 0 Å². The normalized spacial score (nSPS) is 13.3. The summed E-state index contributed by atoms with van der Waals surface area (Å²) in [7, 11) is 1.68.